The van der Waals surface area contributed by atoms with E-state index in [-0.39, 0.29) is 0 Å². The van der Waals surface area contributed by atoms with E-state index < -0.39 is 0 Å². The second-order valence-electron chi connectivity index (χ2n) is 5.56. The molecule has 0 fully saturated rings. The van der Waals surface area contributed by atoms with Crippen LogP contribution < -0.4 is 5.32 Å². The molecule has 116 valence electrons. The molecule has 0 aliphatic rings. The molecule has 0 spiro atoms. The zero-order chi connectivity index (χ0) is 15.1. The quantitative estimate of drug-likeness (QED) is 0.714. The number of rotatable bonds is 9. The van der Waals surface area contributed by atoms with E-state index >= 15 is 0 Å². The number of thiophene rings is 1. The SMILES string of the molecule is CCCNCc1oc(CN(C)CCc2cccs2)cc1C. The molecule has 0 saturated carbocycles. The number of aryl methyl sites for hydroxylation is 1. The van der Waals surface area contributed by atoms with Crippen LogP contribution in [0.15, 0.2) is 28.0 Å². The van der Waals surface area contributed by atoms with Crippen LogP contribution in [0.2, 0.25) is 0 Å². The van der Waals surface area contributed by atoms with Gasteiger partial charge >= 0.3 is 0 Å². The van der Waals surface area contributed by atoms with Crippen molar-refractivity contribution >= 4 is 11.3 Å². The first-order chi connectivity index (χ1) is 10.2. The summed E-state index contributed by atoms with van der Waals surface area (Å²) in [6, 6.07) is 6.49. The summed E-state index contributed by atoms with van der Waals surface area (Å²) in [5, 5.41) is 5.54. The van der Waals surface area contributed by atoms with E-state index in [0.29, 0.717) is 0 Å². The highest BCUT2D eigenvalue weighted by molar-refractivity contribution is 7.09. The predicted octanol–water partition coefficient (Wildman–Crippen LogP) is 3.82. The van der Waals surface area contributed by atoms with E-state index in [4.69, 9.17) is 4.42 Å². The summed E-state index contributed by atoms with van der Waals surface area (Å²) in [4.78, 5) is 3.77. The van der Waals surface area contributed by atoms with E-state index in [1.54, 1.807) is 0 Å². The lowest BCUT2D eigenvalue weighted by Crippen LogP contribution is -2.20. The van der Waals surface area contributed by atoms with Gasteiger partial charge in [-0.2, -0.15) is 0 Å². The standard InChI is InChI=1S/C17H26N2OS/c1-4-8-18-12-17-14(2)11-15(20-17)13-19(3)9-7-16-6-5-10-21-16/h5-6,10-11,18H,4,7-9,12-13H2,1-3H3. The summed E-state index contributed by atoms with van der Waals surface area (Å²) >= 11 is 1.83. The molecule has 0 saturated heterocycles. The number of furan rings is 1. The molecule has 0 aliphatic heterocycles. The highest BCUT2D eigenvalue weighted by Gasteiger charge is 2.09. The molecule has 0 radical (unpaired) electrons. The van der Waals surface area contributed by atoms with Gasteiger partial charge in [-0.05, 0) is 56.4 Å². The zero-order valence-electron chi connectivity index (χ0n) is 13.3. The molecule has 0 aliphatic carbocycles. The maximum atomic E-state index is 5.97. The number of nitrogens with zero attached hydrogens (tertiary/aromatic N) is 1. The molecule has 2 aromatic rings. The summed E-state index contributed by atoms with van der Waals surface area (Å²) in [6.45, 7) is 8.11. The Bertz CT molecular complexity index is 519. The van der Waals surface area contributed by atoms with Crippen LogP contribution in [0.5, 0.6) is 0 Å². The van der Waals surface area contributed by atoms with Gasteiger partial charge in [0, 0.05) is 11.4 Å². The third-order valence-electron chi connectivity index (χ3n) is 3.53. The molecule has 0 atom stereocenters. The maximum absolute atomic E-state index is 5.97. The van der Waals surface area contributed by atoms with Gasteiger partial charge in [0.25, 0.3) is 0 Å². The Balaban J connectivity index is 1.80. The average Bonchev–Trinajstić information content (AvgIpc) is 3.07. The summed E-state index contributed by atoms with van der Waals surface area (Å²) in [5.74, 6) is 2.14. The van der Waals surface area contributed by atoms with Gasteiger partial charge in [0.1, 0.15) is 11.5 Å². The lowest BCUT2D eigenvalue weighted by molar-refractivity contribution is 0.293. The van der Waals surface area contributed by atoms with Crippen LogP contribution in [0.3, 0.4) is 0 Å². The Hall–Kier alpha value is -1.10. The summed E-state index contributed by atoms with van der Waals surface area (Å²) in [5.41, 5.74) is 1.25. The second-order valence-corrected chi connectivity index (χ2v) is 6.60. The van der Waals surface area contributed by atoms with E-state index in [1.165, 1.54) is 10.4 Å². The van der Waals surface area contributed by atoms with Crippen molar-refractivity contribution in [3.05, 3.63) is 45.5 Å². The van der Waals surface area contributed by atoms with Crippen LogP contribution in [0.1, 0.15) is 35.3 Å². The molecule has 2 rings (SSSR count). The Morgan fingerprint density at radius 3 is 2.95 bits per heavy atom. The van der Waals surface area contributed by atoms with Crippen LogP contribution in [0.25, 0.3) is 0 Å². The molecular weight excluding hydrogens is 280 g/mol. The Morgan fingerprint density at radius 1 is 1.38 bits per heavy atom. The molecule has 3 nitrogen and oxygen atoms in total. The highest BCUT2D eigenvalue weighted by atomic mass is 32.1. The van der Waals surface area contributed by atoms with Crippen molar-refractivity contribution in [1.29, 1.82) is 0 Å². The van der Waals surface area contributed by atoms with Gasteiger partial charge in [-0.25, -0.2) is 0 Å². The lowest BCUT2D eigenvalue weighted by atomic mass is 10.2. The van der Waals surface area contributed by atoms with E-state index in [9.17, 15) is 0 Å². The normalized spacial score (nSPS) is 11.4. The number of likely N-dealkylation sites (N-methyl/N-ethyl adjacent to an activating group) is 1. The van der Waals surface area contributed by atoms with Crippen molar-refractivity contribution in [2.24, 2.45) is 0 Å². The Labute approximate surface area is 132 Å². The van der Waals surface area contributed by atoms with E-state index in [0.717, 1.165) is 50.5 Å². The molecule has 1 N–H and O–H groups in total. The number of hydrogen-bond acceptors (Lipinski definition) is 4. The largest absolute Gasteiger partial charge is 0.463 e. The molecular formula is C17H26N2OS. The van der Waals surface area contributed by atoms with Crippen LogP contribution in [-0.2, 0) is 19.5 Å². The highest BCUT2D eigenvalue weighted by Crippen LogP contribution is 2.16. The average molecular weight is 306 g/mol. The first kappa shape index (κ1) is 16.3. The minimum Gasteiger partial charge on any atom is -0.463 e. The van der Waals surface area contributed by atoms with Crippen molar-refractivity contribution in [2.45, 2.75) is 39.8 Å². The van der Waals surface area contributed by atoms with Crippen molar-refractivity contribution in [3.8, 4) is 0 Å². The fraction of sp³-hybridized carbons (Fsp3) is 0.529. The van der Waals surface area contributed by atoms with E-state index in [2.05, 4.69) is 54.7 Å². The molecule has 21 heavy (non-hydrogen) atoms. The van der Waals surface area contributed by atoms with Crippen molar-refractivity contribution in [2.75, 3.05) is 20.1 Å². The minimum absolute atomic E-state index is 0.832. The third kappa shape index (κ3) is 5.30. The fourth-order valence-electron chi connectivity index (χ4n) is 2.32. The summed E-state index contributed by atoms with van der Waals surface area (Å²) in [6.07, 6.45) is 2.26. The van der Waals surface area contributed by atoms with Gasteiger partial charge in [0.15, 0.2) is 0 Å². The van der Waals surface area contributed by atoms with Crippen LogP contribution >= 0.6 is 11.3 Å². The van der Waals surface area contributed by atoms with Crippen molar-refractivity contribution < 1.29 is 4.42 Å². The minimum atomic E-state index is 0.832. The van der Waals surface area contributed by atoms with Crippen LogP contribution in [0.4, 0.5) is 0 Å². The number of hydrogen-bond donors (Lipinski definition) is 1. The molecule has 0 bridgehead atoms. The van der Waals surface area contributed by atoms with Crippen molar-refractivity contribution in [1.82, 2.24) is 10.2 Å². The predicted molar refractivity (Wildman–Crippen MR) is 89.8 cm³/mol. The third-order valence-corrected chi connectivity index (χ3v) is 4.47. The van der Waals surface area contributed by atoms with Gasteiger partial charge in [-0.1, -0.05) is 13.0 Å². The van der Waals surface area contributed by atoms with Crippen molar-refractivity contribution in [3.63, 3.8) is 0 Å². The van der Waals surface area contributed by atoms with Crippen LogP contribution in [0, 0.1) is 6.92 Å². The van der Waals surface area contributed by atoms with E-state index in [1.807, 2.05) is 11.3 Å². The maximum Gasteiger partial charge on any atom is 0.120 e. The Morgan fingerprint density at radius 2 is 2.24 bits per heavy atom. The molecule has 2 heterocycles. The molecule has 0 unspecified atom stereocenters. The smallest absolute Gasteiger partial charge is 0.120 e. The summed E-state index contributed by atoms with van der Waals surface area (Å²) in [7, 11) is 2.15. The van der Waals surface area contributed by atoms with Gasteiger partial charge in [-0.15, -0.1) is 11.3 Å². The number of nitrogens with one attached hydrogen (secondary N) is 1. The molecule has 2 aromatic heterocycles. The lowest BCUT2D eigenvalue weighted by Gasteiger charge is -2.14. The van der Waals surface area contributed by atoms with Gasteiger partial charge < -0.3 is 9.73 Å². The summed E-state index contributed by atoms with van der Waals surface area (Å²) < 4.78 is 5.97. The topological polar surface area (TPSA) is 28.4 Å². The fourth-order valence-corrected chi connectivity index (χ4v) is 3.02. The monoisotopic (exact) mass is 306 g/mol. The molecule has 0 aromatic carbocycles. The van der Waals surface area contributed by atoms with Gasteiger partial charge in [0.05, 0.1) is 13.1 Å². The molecule has 0 amide bonds. The first-order valence-electron chi connectivity index (χ1n) is 7.69. The van der Waals surface area contributed by atoms with Crippen LogP contribution in [-0.4, -0.2) is 25.0 Å². The first-order valence-corrected chi connectivity index (χ1v) is 8.56. The molecule has 4 heteroatoms. The van der Waals surface area contributed by atoms with Gasteiger partial charge in [0.2, 0.25) is 0 Å². The second kappa shape index (κ2) is 8.37. The zero-order valence-corrected chi connectivity index (χ0v) is 14.1. The van der Waals surface area contributed by atoms with Gasteiger partial charge in [-0.3, -0.25) is 4.90 Å². The Kier molecular flexibility index (Phi) is 6.49.